The number of carbonyl (C=O) groups excluding carboxylic acids is 1. The second kappa shape index (κ2) is 7.71. The van der Waals surface area contributed by atoms with Crippen LogP contribution in [-0.2, 0) is 4.79 Å². The number of rotatable bonds is 6. The summed E-state index contributed by atoms with van der Waals surface area (Å²) in [5.41, 5.74) is 1.05. The summed E-state index contributed by atoms with van der Waals surface area (Å²) < 4.78 is 1.43. The van der Waals surface area contributed by atoms with Gasteiger partial charge in [-0.25, -0.2) is 4.98 Å². The lowest BCUT2D eigenvalue weighted by Crippen LogP contribution is -2.34. The zero-order valence-corrected chi connectivity index (χ0v) is 15.7. The molecule has 0 aliphatic rings. The van der Waals surface area contributed by atoms with Crippen LogP contribution in [0.2, 0.25) is 0 Å². The first-order valence-corrected chi connectivity index (χ1v) is 9.25. The lowest BCUT2D eigenvalue weighted by molar-refractivity contribution is -0.137. The Morgan fingerprint density at radius 2 is 1.96 bits per heavy atom. The van der Waals surface area contributed by atoms with E-state index in [2.05, 4.69) is 10.3 Å². The Hall–Kier alpha value is -3.00. The first-order chi connectivity index (χ1) is 12.9. The number of carboxylic acid groups (broad SMARTS) is 1. The molecule has 3 rings (SSSR count). The van der Waals surface area contributed by atoms with Crippen LogP contribution in [0.3, 0.4) is 0 Å². The fourth-order valence-corrected chi connectivity index (χ4v) is 3.77. The van der Waals surface area contributed by atoms with Gasteiger partial charge >= 0.3 is 5.97 Å². The van der Waals surface area contributed by atoms with E-state index in [0.29, 0.717) is 4.96 Å². The van der Waals surface area contributed by atoms with E-state index in [9.17, 15) is 14.4 Å². The van der Waals surface area contributed by atoms with Crippen LogP contribution in [-0.4, -0.2) is 26.4 Å². The van der Waals surface area contributed by atoms with Crippen LogP contribution in [0.5, 0.6) is 0 Å². The number of amides is 1. The molecule has 1 aromatic carbocycles. The number of nitrogens with zero attached hydrogens (tertiary/aromatic N) is 2. The van der Waals surface area contributed by atoms with Crippen molar-refractivity contribution < 1.29 is 14.7 Å². The Bertz CT molecular complexity index is 1060. The van der Waals surface area contributed by atoms with Gasteiger partial charge in [0.25, 0.3) is 11.5 Å². The molecule has 0 fully saturated rings. The van der Waals surface area contributed by atoms with Gasteiger partial charge in [-0.05, 0) is 25.8 Å². The van der Waals surface area contributed by atoms with Gasteiger partial charge in [-0.2, -0.15) is 0 Å². The smallest absolute Gasteiger partial charge is 0.303 e. The SMILES string of the molecule is Cc1sc2ncc(C(=O)NC(CCC(=O)O)c3ccccc3)c(=O)n2c1C. The fraction of sp³-hybridized carbons (Fsp3) is 0.263. The molecule has 0 spiro atoms. The second-order valence-corrected chi connectivity index (χ2v) is 7.39. The summed E-state index contributed by atoms with van der Waals surface area (Å²) in [5.74, 6) is -1.51. The van der Waals surface area contributed by atoms with E-state index in [1.54, 1.807) is 0 Å². The zero-order valence-electron chi connectivity index (χ0n) is 14.9. The molecule has 27 heavy (non-hydrogen) atoms. The molecule has 140 valence electrons. The third kappa shape index (κ3) is 3.90. The summed E-state index contributed by atoms with van der Waals surface area (Å²) in [7, 11) is 0. The quantitative estimate of drug-likeness (QED) is 0.679. The molecule has 1 atom stereocenters. The maximum absolute atomic E-state index is 12.8. The molecule has 7 nitrogen and oxygen atoms in total. The standard InChI is InChI=1S/C19H19N3O4S/c1-11-12(2)27-19-20-10-14(18(26)22(11)19)17(25)21-15(8-9-16(23)24)13-6-4-3-5-7-13/h3-7,10,15H,8-9H2,1-2H3,(H,21,25)(H,23,24). The summed E-state index contributed by atoms with van der Waals surface area (Å²) in [5, 5.41) is 11.8. The Balaban J connectivity index is 1.92. The van der Waals surface area contributed by atoms with E-state index in [1.165, 1.54) is 21.9 Å². The lowest BCUT2D eigenvalue weighted by atomic mass is 10.0. The van der Waals surface area contributed by atoms with Gasteiger partial charge in [0.05, 0.1) is 6.04 Å². The molecule has 0 radical (unpaired) electrons. The number of hydrogen-bond acceptors (Lipinski definition) is 5. The van der Waals surface area contributed by atoms with Gasteiger partial charge in [0.2, 0.25) is 0 Å². The van der Waals surface area contributed by atoms with Gasteiger partial charge in [-0.1, -0.05) is 30.3 Å². The van der Waals surface area contributed by atoms with E-state index in [4.69, 9.17) is 5.11 Å². The maximum atomic E-state index is 12.8. The number of hydrogen-bond donors (Lipinski definition) is 2. The number of thiazole rings is 1. The minimum atomic E-state index is -0.947. The number of carboxylic acids is 1. The predicted octanol–water partition coefficient (Wildman–Crippen LogP) is 2.71. The van der Waals surface area contributed by atoms with Crippen molar-refractivity contribution in [3.8, 4) is 0 Å². The van der Waals surface area contributed by atoms with E-state index in [-0.39, 0.29) is 18.4 Å². The second-order valence-electron chi connectivity index (χ2n) is 6.21. The molecule has 1 unspecified atom stereocenters. The van der Waals surface area contributed by atoms with Gasteiger partial charge in [-0.15, -0.1) is 11.3 Å². The topological polar surface area (TPSA) is 101 Å². The summed E-state index contributed by atoms with van der Waals surface area (Å²) in [6.07, 6.45) is 1.40. The molecule has 2 N–H and O–H groups in total. The van der Waals surface area contributed by atoms with Crippen LogP contribution in [0.1, 0.15) is 45.4 Å². The van der Waals surface area contributed by atoms with Crippen molar-refractivity contribution in [2.24, 2.45) is 0 Å². The predicted molar refractivity (Wildman–Crippen MR) is 102 cm³/mol. The highest BCUT2D eigenvalue weighted by molar-refractivity contribution is 7.17. The number of nitrogens with one attached hydrogen (secondary N) is 1. The number of aliphatic carboxylic acids is 1. The molecule has 0 aliphatic carbocycles. The van der Waals surface area contributed by atoms with Crippen molar-refractivity contribution in [1.29, 1.82) is 0 Å². The van der Waals surface area contributed by atoms with E-state index >= 15 is 0 Å². The van der Waals surface area contributed by atoms with Crippen molar-refractivity contribution in [3.05, 3.63) is 68.6 Å². The molecular formula is C19H19N3O4S. The van der Waals surface area contributed by atoms with E-state index in [1.807, 2.05) is 44.2 Å². The number of aryl methyl sites for hydroxylation is 2. The van der Waals surface area contributed by atoms with Crippen molar-refractivity contribution in [3.63, 3.8) is 0 Å². The average molecular weight is 385 g/mol. The van der Waals surface area contributed by atoms with E-state index < -0.39 is 23.5 Å². The highest BCUT2D eigenvalue weighted by Crippen LogP contribution is 2.20. The normalized spacial score (nSPS) is 12.1. The molecule has 1 amide bonds. The molecule has 0 saturated carbocycles. The van der Waals surface area contributed by atoms with Crippen LogP contribution in [0.15, 0.2) is 41.3 Å². The summed E-state index contributed by atoms with van der Waals surface area (Å²) in [4.78, 5) is 42.2. The first kappa shape index (κ1) is 18.8. The Morgan fingerprint density at radius 3 is 2.63 bits per heavy atom. The minimum Gasteiger partial charge on any atom is -0.481 e. The largest absolute Gasteiger partial charge is 0.481 e. The number of fused-ring (bicyclic) bond motifs is 1. The maximum Gasteiger partial charge on any atom is 0.303 e. The fourth-order valence-electron chi connectivity index (χ4n) is 2.84. The average Bonchev–Trinajstić information content (AvgIpc) is 2.94. The number of benzene rings is 1. The van der Waals surface area contributed by atoms with Gasteiger partial charge in [0, 0.05) is 23.2 Å². The van der Waals surface area contributed by atoms with Crippen LogP contribution in [0, 0.1) is 13.8 Å². The Labute approximate surface area is 159 Å². The van der Waals surface area contributed by atoms with Crippen molar-refractivity contribution in [2.75, 3.05) is 0 Å². The van der Waals surface area contributed by atoms with Crippen molar-refractivity contribution >= 4 is 28.2 Å². The monoisotopic (exact) mass is 385 g/mol. The molecule has 0 aliphatic heterocycles. The van der Waals surface area contributed by atoms with Gasteiger partial charge in [-0.3, -0.25) is 18.8 Å². The third-order valence-electron chi connectivity index (χ3n) is 4.42. The molecule has 0 saturated heterocycles. The van der Waals surface area contributed by atoms with Gasteiger partial charge < -0.3 is 10.4 Å². The Morgan fingerprint density at radius 1 is 1.26 bits per heavy atom. The Kier molecular flexibility index (Phi) is 5.36. The minimum absolute atomic E-state index is 0.0651. The molecule has 8 heteroatoms. The first-order valence-electron chi connectivity index (χ1n) is 8.44. The molecule has 3 aromatic rings. The molecule has 0 bridgehead atoms. The van der Waals surface area contributed by atoms with Crippen LogP contribution < -0.4 is 10.9 Å². The van der Waals surface area contributed by atoms with Gasteiger partial charge in [0.15, 0.2) is 4.96 Å². The lowest BCUT2D eigenvalue weighted by Gasteiger charge is -2.18. The van der Waals surface area contributed by atoms with Gasteiger partial charge in [0.1, 0.15) is 5.56 Å². The molecule has 2 aromatic heterocycles. The highest BCUT2D eigenvalue weighted by Gasteiger charge is 2.21. The van der Waals surface area contributed by atoms with Crippen LogP contribution in [0.4, 0.5) is 0 Å². The summed E-state index contributed by atoms with van der Waals surface area (Å²) >= 11 is 1.39. The summed E-state index contributed by atoms with van der Waals surface area (Å²) in [6, 6.07) is 8.58. The number of carbonyl (C=O) groups is 2. The highest BCUT2D eigenvalue weighted by atomic mass is 32.1. The van der Waals surface area contributed by atoms with Crippen LogP contribution >= 0.6 is 11.3 Å². The molecular weight excluding hydrogens is 366 g/mol. The number of aromatic nitrogens is 2. The van der Waals surface area contributed by atoms with Crippen LogP contribution in [0.25, 0.3) is 4.96 Å². The molecule has 2 heterocycles. The summed E-state index contributed by atoms with van der Waals surface area (Å²) in [6.45, 7) is 3.70. The third-order valence-corrected chi connectivity index (χ3v) is 5.49. The van der Waals surface area contributed by atoms with Crippen molar-refractivity contribution in [2.45, 2.75) is 32.7 Å². The van der Waals surface area contributed by atoms with Crippen molar-refractivity contribution in [1.82, 2.24) is 14.7 Å². The zero-order chi connectivity index (χ0) is 19.6. The van der Waals surface area contributed by atoms with E-state index in [0.717, 1.165) is 16.1 Å².